The Kier molecular flexibility index (Phi) is 10.3. The SMILES string of the molecule is CC(C)OC(=O)CNP(=O)(OCC1C[C@H](C)C(n2ccc(=O)[nH]c2=O)O1)Oc1cccc(OP2(=O)OCC3OC[C@](C)(F)C3O2)c1. The van der Waals surface area contributed by atoms with Crippen LogP contribution in [0.4, 0.5) is 4.39 Å². The highest BCUT2D eigenvalue weighted by Gasteiger charge is 2.56. The lowest BCUT2D eigenvalue weighted by Gasteiger charge is -2.33. The smallest absolute Gasteiger partial charge is 0.462 e. The molecule has 46 heavy (non-hydrogen) atoms. The molecule has 0 radical (unpaired) electrons. The largest absolute Gasteiger partial charge is 0.530 e. The predicted octanol–water partition coefficient (Wildman–Crippen LogP) is 3.23. The molecule has 16 nitrogen and oxygen atoms in total. The maximum absolute atomic E-state index is 14.8. The van der Waals surface area contributed by atoms with Crippen molar-refractivity contribution in [1.29, 1.82) is 0 Å². The average molecular weight is 692 g/mol. The van der Waals surface area contributed by atoms with Crippen molar-refractivity contribution in [1.82, 2.24) is 14.6 Å². The van der Waals surface area contributed by atoms with Gasteiger partial charge in [-0.1, -0.05) is 13.0 Å². The Morgan fingerprint density at radius 2 is 2.04 bits per heavy atom. The van der Waals surface area contributed by atoms with Gasteiger partial charge >= 0.3 is 27.2 Å². The standard InChI is InChI=1S/C27H36FN3O13P2/c1-16(2)40-23(33)12-29-45(35,38-13-20-10-17(3)25(41-20)31-9-8-22(32)30-26(31)34)42-18-6-5-7-19(11-18)43-46(36)39-14-21-24(44-46)27(4,28)15-37-21/h5-9,11,16-17,20-21,24-25H,10,12-15H2,1-4H3,(H,29,35)(H,30,32,34)/t17-,20?,21?,24?,25?,27-,45?,46?/m0/s1. The van der Waals surface area contributed by atoms with E-state index < -0.39 is 75.6 Å². The summed E-state index contributed by atoms with van der Waals surface area (Å²) < 4.78 is 87.0. The lowest BCUT2D eigenvalue weighted by Crippen LogP contribution is -2.43. The lowest BCUT2D eigenvalue weighted by atomic mass is 10.0. The Morgan fingerprint density at radius 3 is 2.78 bits per heavy atom. The molecule has 4 heterocycles. The van der Waals surface area contributed by atoms with Gasteiger partial charge < -0.3 is 23.3 Å². The van der Waals surface area contributed by atoms with Gasteiger partial charge in [0.1, 0.15) is 36.5 Å². The lowest BCUT2D eigenvalue weighted by molar-refractivity contribution is -0.146. The number of carbonyl (C=O) groups excluding carboxylic acids is 1. The second-order valence-electron chi connectivity index (χ2n) is 11.6. The zero-order valence-corrected chi connectivity index (χ0v) is 27.3. The Hall–Kier alpha value is -2.88. The molecule has 3 aliphatic heterocycles. The zero-order chi connectivity index (χ0) is 33.3. The summed E-state index contributed by atoms with van der Waals surface area (Å²) in [5, 5.41) is 2.47. The highest BCUT2D eigenvalue weighted by Crippen LogP contribution is 2.57. The molecule has 5 rings (SSSR count). The molecule has 6 unspecified atom stereocenters. The van der Waals surface area contributed by atoms with Crippen LogP contribution in [0.5, 0.6) is 11.5 Å². The van der Waals surface area contributed by atoms with Crippen LogP contribution in [0.15, 0.2) is 46.1 Å². The van der Waals surface area contributed by atoms with Crippen LogP contribution >= 0.6 is 15.6 Å². The van der Waals surface area contributed by atoms with E-state index in [0.29, 0.717) is 6.42 Å². The number of fused-ring (bicyclic) bond motifs is 1. The molecule has 0 saturated carbocycles. The molecular formula is C27H36FN3O13P2. The molecule has 0 amide bonds. The first-order valence-corrected chi connectivity index (χ1v) is 17.5. The number of nitrogens with one attached hydrogen (secondary N) is 2. The van der Waals surface area contributed by atoms with Crippen molar-refractivity contribution in [3.63, 3.8) is 0 Å². The number of hydrogen-bond acceptors (Lipinski definition) is 13. The molecule has 2 N–H and O–H groups in total. The van der Waals surface area contributed by atoms with Crippen LogP contribution in [-0.2, 0) is 41.7 Å². The number of hydrogen-bond donors (Lipinski definition) is 2. The molecule has 0 spiro atoms. The van der Waals surface area contributed by atoms with Crippen molar-refractivity contribution in [2.75, 3.05) is 26.4 Å². The van der Waals surface area contributed by atoms with Gasteiger partial charge in [-0.2, -0.15) is 0 Å². The fraction of sp³-hybridized carbons (Fsp3) is 0.593. The summed E-state index contributed by atoms with van der Waals surface area (Å²) in [5.74, 6) is -1.06. The van der Waals surface area contributed by atoms with E-state index in [9.17, 15) is 27.9 Å². The van der Waals surface area contributed by atoms with Crippen LogP contribution in [0.25, 0.3) is 0 Å². The number of aromatic amines is 1. The normalized spacial score (nSPS) is 32.1. The molecule has 0 aliphatic carbocycles. The van der Waals surface area contributed by atoms with E-state index in [0.717, 1.165) is 0 Å². The van der Waals surface area contributed by atoms with Crippen molar-refractivity contribution in [2.24, 2.45) is 5.92 Å². The minimum atomic E-state index is -4.33. The first-order chi connectivity index (χ1) is 21.6. The summed E-state index contributed by atoms with van der Waals surface area (Å²) in [7, 11) is -8.61. The Labute approximate surface area is 263 Å². The molecule has 3 aliphatic rings. The van der Waals surface area contributed by atoms with Gasteiger partial charge in [-0.3, -0.25) is 32.7 Å². The van der Waals surface area contributed by atoms with Crippen LogP contribution in [-0.4, -0.2) is 72.0 Å². The molecular weight excluding hydrogens is 655 g/mol. The van der Waals surface area contributed by atoms with Crippen molar-refractivity contribution in [3.05, 3.63) is 57.4 Å². The van der Waals surface area contributed by atoms with E-state index in [4.69, 9.17) is 36.8 Å². The molecule has 0 bridgehead atoms. The third-order valence-corrected chi connectivity index (χ3v) is 10.1. The number of esters is 1. The molecule has 3 fully saturated rings. The number of aromatic nitrogens is 2. The Morgan fingerprint density at radius 1 is 1.28 bits per heavy atom. The minimum Gasteiger partial charge on any atom is -0.462 e. The van der Waals surface area contributed by atoms with Gasteiger partial charge in [-0.15, -0.1) is 0 Å². The van der Waals surface area contributed by atoms with E-state index in [2.05, 4.69) is 10.1 Å². The van der Waals surface area contributed by atoms with Crippen molar-refractivity contribution in [2.45, 2.75) is 70.4 Å². The van der Waals surface area contributed by atoms with Crippen LogP contribution in [0.3, 0.4) is 0 Å². The van der Waals surface area contributed by atoms with E-state index >= 15 is 0 Å². The number of halogens is 1. The summed E-state index contributed by atoms with van der Waals surface area (Å²) >= 11 is 0. The van der Waals surface area contributed by atoms with Gasteiger partial charge in [0.05, 0.1) is 32.0 Å². The van der Waals surface area contributed by atoms with Gasteiger partial charge in [0, 0.05) is 24.2 Å². The maximum atomic E-state index is 14.8. The Bertz CT molecular complexity index is 1630. The summed E-state index contributed by atoms with van der Waals surface area (Å²) in [6.45, 7) is 5.13. The molecule has 1 aromatic heterocycles. The number of ether oxygens (including phenoxy) is 3. The maximum Gasteiger partial charge on any atom is 0.530 e. The number of phosphoric acid groups is 1. The van der Waals surface area contributed by atoms with Crippen LogP contribution in [0, 0.1) is 5.92 Å². The quantitative estimate of drug-likeness (QED) is 0.244. The summed E-state index contributed by atoms with van der Waals surface area (Å²) in [5.41, 5.74) is -3.09. The first kappa shape index (κ1) is 34.5. The Balaban J connectivity index is 1.27. The number of carbonyl (C=O) groups is 1. The zero-order valence-electron chi connectivity index (χ0n) is 25.5. The molecule has 2 aromatic rings. The van der Waals surface area contributed by atoms with Gasteiger partial charge in [-0.05, 0) is 39.3 Å². The number of benzene rings is 1. The number of rotatable bonds is 12. The highest BCUT2D eigenvalue weighted by atomic mass is 31.2. The minimum absolute atomic E-state index is 0.0772. The van der Waals surface area contributed by atoms with Gasteiger partial charge in [0.15, 0.2) is 5.67 Å². The number of alkyl halides is 1. The average Bonchev–Trinajstić information content (AvgIpc) is 3.48. The monoisotopic (exact) mass is 691 g/mol. The highest BCUT2D eigenvalue weighted by molar-refractivity contribution is 7.52. The van der Waals surface area contributed by atoms with Crippen molar-refractivity contribution in [3.8, 4) is 11.5 Å². The molecule has 19 heteroatoms. The third-order valence-electron chi connectivity index (χ3n) is 7.19. The number of H-pyrrole nitrogens is 1. The van der Waals surface area contributed by atoms with Crippen molar-refractivity contribution >= 4 is 21.5 Å². The summed E-state index contributed by atoms with van der Waals surface area (Å²) in [4.78, 5) is 38.2. The second-order valence-corrected chi connectivity index (χ2v) is 14.9. The molecule has 1 aromatic carbocycles. The van der Waals surface area contributed by atoms with Gasteiger partial charge in [0.25, 0.3) is 5.56 Å². The first-order valence-electron chi connectivity index (χ1n) is 14.5. The van der Waals surface area contributed by atoms with E-state index in [-0.39, 0.29) is 37.2 Å². The van der Waals surface area contributed by atoms with Crippen LogP contribution in [0.2, 0.25) is 0 Å². The predicted molar refractivity (Wildman–Crippen MR) is 157 cm³/mol. The number of phosphoric ester groups is 1. The number of nitrogens with zero attached hydrogens (tertiary/aromatic N) is 1. The summed E-state index contributed by atoms with van der Waals surface area (Å²) in [6, 6.07) is 6.67. The fourth-order valence-corrected chi connectivity index (χ4v) is 7.90. The van der Waals surface area contributed by atoms with Crippen LogP contribution in [0.1, 0.15) is 40.3 Å². The van der Waals surface area contributed by atoms with E-state index in [1.165, 1.54) is 48.0 Å². The third kappa shape index (κ3) is 8.33. The van der Waals surface area contributed by atoms with Crippen molar-refractivity contribution < 1.29 is 55.1 Å². The van der Waals surface area contributed by atoms with Gasteiger partial charge in [-0.25, -0.2) is 23.4 Å². The second kappa shape index (κ2) is 13.7. The molecule has 3 saturated heterocycles. The van der Waals surface area contributed by atoms with Crippen LogP contribution < -0.4 is 25.4 Å². The summed E-state index contributed by atoms with van der Waals surface area (Å²) in [6.07, 6.45) is -2.00. The topological polar surface area (TPSA) is 192 Å². The molecule has 8 atom stereocenters. The van der Waals surface area contributed by atoms with Gasteiger partial charge in [0.2, 0.25) is 0 Å². The van der Waals surface area contributed by atoms with E-state index in [1.54, 1.807) is 13.8 Å². The fourth-order valence-electron chi connectivity index (χ4n) is 5.12. The molecule has 254 valence electrons. The van der Waals surface area contributed by atoms with E-state index in [1.807, 2.05) is 6.92 Å².